The minimum atomic E-state index is 0.522. The Morgan fingerprint density at radius 1 is 0.650 bits per heavy atom. The molecule has 0 saturated heterocycles. The Morgan fingerprint density at radius 2 is 1.05 bits per heavy atom. The fourth-order valence-electron chi connectivity index (χ4n) is 6.49. The summed E-state index contributed by atoms with van der Waals surface area (Å²) < 4.78 is 0. The molecule has 0 aromatic heterocycles. The van der Waals surface area contributed by atoms with Crippen LogP contribution in [0.4, 0.5) is 0 Å². The first-order valence-electron chi connectivity index (χ1n) is 9.14. The van der Waals surface area contributed by atoms with Crippen molar-refractivity contribution < 1.29 is 0 Å². The number of hydrogen-bond acceptors (Lipinski definition) is 0. The van der Waals surface area contributed by atoms with E-state index in [9.17, 15) is 0 Å². The molecular weight excluding hydrogens is 240 g/mol. The summed E-state index contributed by atoms with van der Waals surface area (Å²) >= 11 is 0. The molecule has 3 rings (SSSR count). The van der Waals surface area contributed by atoms with Crippen LogP contribution in [0, 0.1) is 46.3 Å². The lowest BCUT2D eigenvalue weighted by Gasteiger charge is -2.34. The van der Waals surface area contributed by atoms with E-state index in [1.807, 2.05) is 0 Å². The largest absolute Gasteiger partial charge is 0.0602 e. The molecule has 20 heavy (non-hydrogen) atoms. The molecule has 0 amide bonds. The molecule has 116 valence electrons. The van der Waals surface area contributed by atoms with Gasteiger partial charge in [0.15, 0.2) is 0 Å². The molecule has 0 aromatic carbocycles. The highest BCUT2D eigenvalue weighted by atomic mass is 14.6. The van der Waals surface area contributed by atoms with Crippen molar-refractivity contribution in [2.24, 2.45) is 46.3 Å². The van der Waals surface area contributed by atoms with Gasteiger partial charge in [-0.25, -0.2) is 0 Å². The van der Waals surface area contributed by atoms with Crippen LogP contribution in [0.3, 0.4) is 0 Å². The molecule has 3 aliphatic carbocycles. The lowest BCUT2D eigenvalue weighted by Crippen LogP contribution is -2.27. The zero-order chi connectivity index (χ0) is 14.7. The smallest absolute Gasteiger partial charge is 0.0323 e. The number of hydrogen-bond donors (Lipinski definition) is 0. The van der Waals surface area contributed by atoms with Gasteiger partial charge in [-0.1, -0.05) is 41.5 Å². The van der Waals surface area contributed by atoms with Crippen LogP contribution in [0.15, 0.2) is 0 Å². The van der Waals surface area contributed by atoms with Gasteiger partial charge in [0.1, 0.15) is 0 Å². The van der Waals surface area contributed by atoms with E-state index in [0.717, 1.165) is 35.5 Å². The van der Waals surface area contributed by atoms with Crippen LogP contribution in [0.2, 0.25) is 0 Å². The minimum absolute atomic E-state index is 0.522. The summed E-state index contributed by atoms with van der Waals surface area (Å²) in [4.78, 5) is 0. The molecule has 3 saturated carbocycles. The van der Waals surface area contributed by atoms with Crippen molar-refractivity contribution in [2.45, 2.75) is 80.1 Å². The molecule has 2 bridgehead atoms. The predicted molar refractivity (Wildman–Crippen MR) is 87.6 cm³/mol. The Hall–Kier alpha value is 0. The monoisotopic (exact) mass is 276 g/mol. The summed E-state index contributed by atoms with van der Waals surface area (Å²) in [5.41, 5.74) is 1.04. The van der Waals surface area contributed by atoms with Crippen LogP contribution in [0.1, 0.15) is 80.1 Å². The summed E-state index contributed by atoms with van der Waals surface area (Å²) in [6, 6.07) is 0. The van der Waals surface area contributed by atoms with E-state index in [-0.39, 0.29) is 0 Å². The van der Waals surface area contributed by atoms with Crippen LogP contribution in [-0.4, -0.2) is 0 Å². The van der Waals surface area contributed by atoms with Crippen molar-refractivity contribution in [3.05, 3.63) is 0 Å². The molecule has 3 fully saturated rings. The summed E-state index contributed by atoms with van der Waals surface area (Å²) in [6.07, 6.45) is 9.22. The maximum Gasteiger partial charge on any atom is -0.0323 e. The molecule has 0 aliphatic heterocycles. The quantitative estimate of drug-likeness (QED) is 0.567. The van der Waals surface area contributed by atoms with Gasteiger partial charge in [-0.3, -0.25) is 0 Å². The summed E-state index contributed by atoms with van der Waals surface area (Å²) in [7, 11) is 0. The van der Waals surface area contributed by atoms with Crippen LogP contribution in [-0.2, 0) is 0 Å². The second-order valence-electron chi connectivity index (χ2n) is 10.8. The van der Waals surface area contributed by atoms with Crippen molar-refractivity contribution in [1.29, 1.82) is 0 Å². The number of fused-ring (bicyclic) bond motifs is 5. The van der Waals surface area contributed by atoms with E-state index in [4.69, 9.17) is 0 Å². The Balaban J connectivity index is 1.78. The first-order chi connectivity index (χ1) is 9.14. The highest BCUT2D eigenvalue weighted by Crippen LogP contribution is 2.65. The minimum Gasteiger partial charge on any atom is -0.0602 e. The maximum atomic E-state index is 2.45. The Kier molecular flexibility index (Phi) is 3.54. The topological polar surface area (TPSA) is 0 Å². The van der Waals surface area contributed by atoms with Gasteiger partial charge in [-0.05, 0) is 84.9 Å². The molecule has 0 N–H and O–H groups in total. The molecule has 0 nitrogen and oxygen atoms in total. The molecule has 0 radical (unpaired) electrons. The molecule has 0 heterocycles. The first-order valence-corrected chi connectivity index (χ1v) is 9.14. The second kappa shape index (κ2) is 4.75. The fraction of sp³-hybridized carbons (Fsp3) is 1.00. The van der Waals surface area contributed by atoms with E-state index in [0.29, 0.717) is 10.8 Å². The van der Waals surface area contributed by atoms with Crippen LogP contribution in [0.5, 0.6) is 0 Å². The van der Waals surface area contributed by atoms with Crippen LogP contribution < -0.4 is 0 Å². The van der Waals surface area contributed by atoms with Crippen molar-refractivity contribution in [3.63, 3.8) is 0 Å². The van der Waals surface area contributed by atoms with Gasteiger partial charge in [0, 0.05) is 0 Å². The third kappa shape index (κ3) is 2.81. The second-order valence-corrected chi connectivity index (χ2v) is 10.8. The van der Waals surface area contributed by atoms with E-state index in [2.05, 4.69) is 41.5 Å². The summed E-state index contributed by atoms with van der Waals surface area (Å²) in [6.45, 7) is 14.7. The summed E-state index contributed by atoms with van der Waals surface area (Å²) in [5, 5.41) is 0. The lowest BCUT2D eigenvalue weighted by atomic mass is 9.71. The van der Waals surface area contributed by atoms with Crippen molar-refractivity contribution in [1.82, 2.24) is 0 Å². The van der Waals surface area contributed by atoms with Gasteiger partial charge >= 0.3 is 0 Å². The average molecular weight is 277 g/mol. The zero-order valence-corrected chi connectivity index (χ0v) is 14.7. The average Bonchev–Trinajstić information content (AvgIpc) is 2.87. The van der Waals surface area contributed by atoms with Crippen LogP contribution in [0.25, 0.3) is 0 Å². The third-order valence-electron chi connectivity index (χ3n) is 6.49. The Morgan fingerprint density at radius 3 is 1.40 bits per heavy atom. The molecule has 6 atom stereocenters. The van der Waals surface area contributed by atoms with E-state index in [1.54, 1.807) is 25.7 Å². The standard InChI is InChI=1S/C20H36/c1-19(2,3)11-15-10-16(12-20(4,5)6)18-14-8-7-13(9-14)17(15)18/h13-18H,7-12H2,1-6H3. The van der Waals surface area contributed by atoms with Gasteiger partial charge in [-0.15, -0.1) is 0 Å². The van der Waals surface area contributed by atoms with Gasteiger partial charge in [0.05, 0.1) is 0 Å². The molecule has 3 aliphatic rings. The molecule has 0 spiro atoms. The van der Waals surface area contributed by atoms with Gasteiger partial charge in [0.25, 0.3) is 0 Å². The number of rotatable bonds is 2. The van der Waals surface area contributed by atoms with Crippen molar-refractivity contribution in [3.8, 4) is 0 Å². The summed E-state index contributed by atoms with van der Waals surface area (Å²) in [5.74, 6) is 6.54. The molecular formula is C20H36. The van der Waals surface area contributed by atoms with Crippen molar-refractivity contribution in [2.75, 3.05) is 0 Å². The van der Waals surface area contributed by atoms with E-state index < -0.39 is 0 Å². The first kappa shape index (κ1) is 14.9. The Bertz CT molecular complexity index is 319. The van der Waals surface area contributed by atoms with Gasteiger partial charge in [-0.2, -0.15) is 0 Å². The van der Waals surface area contributed by atoms with Gasteiger partial charge < -0.3 is 0 Å². The predicted octanol–water partition coefficient (Wildman–Crippen LogP) is 6.16. The third-order valence-corrected chi connectivity index (χ3v) is 6.49. The SMILES string of the molecule is CC(C)(C)CC1CC(CC(C)(C)C)C2C3CCC(C3)C12. The molecule has 0 aromatic rings. The van der Waals surface area contributed by atoms with Crippen molar-refractivity contribution >= 4 is 0 Å². The highest BCUT2D eigenvalue weighted by molar-refractivity contribution is 5.06. The molecule has 0 heteroatoms. The molecule has 6 unspecified atom stereocenters. The lowest BCUT2D eigenvalue weighted by molar-refractivity contribution is 0.147. The van der Waals surface area contributed by atoms with Gasteiger partial charge in [0.2, 0.25) is 0 Å². The zero-order valence-electron chi connectivity index (χ0n) is 14.7. The van der Waals surface area contributed by atoms with Crippen LogP contribution >= 0.6 is 0 Å². The Labute approximate surface area is 127 Å². The fourth-order valence-corrected chi connectivity index (χ4v) is 6.49. The van der Waals surface area contributed by atoms with E-state index >= 15 is 0 Å². The highest BCUT2D eigenvalue weighted by Gasteiger charge is 2.57. The maximum absolute atomic E-state index is 2.45. The van der Waals surface area contributed by atoms with E-state index in [1.165, 1.54) is 12.8 Å². The normalized spacial score (nSPS) is 44.1.